The van der Waals surface area contributed by atoms with Crippen molar-refractivity contribution in [1.82, 2.24) is 4.90 Å². The first-order valence-corrected chi connectivity index (χ1v) is 10.1. The van der Waals surface area contributed by atoms with Gasteiger partial charge in [0.1, 0.15) is 0 Å². The van der Waals surface area contributed by atoms with Crippen molar-refractivity contribution in [1.29, 1.82) is 0 Å². The van der Waals surface area contributed by atoms with Gasteiger partial charge in [-0.25, -0.2) is 4.79 Å². The smallest absolute Gasteiger partial charge is 0.338 e. The number of benzene rings is 2. The quantitative estimate of drug-likeness (QED) is 0.687. The number of piperidine rings is 1. The van der Waals surface area contributed by atoms with Gasteiger partial charge < -0.3 is 4.74 Å². The number of hydrogen-bond acceptors (Lipinski definition) is 3. The van der Waals surface area contributed by atoms with Crippen LogP contribution in [0.15, 0.2) is 46.9 Å². The molecule has 26 heavy (non-hydrogen) atoms. The van der Waals surface area contributed by atoms with Crippen LogP contribution in [0.25, 0.3) is 0 Å². The first-order valence-electron chi connectivity index (χ1n) is 9.31. The summed E-state index contributed by atoms with van der Waals surface area (Å²) in [7, 11) is 1.41. The Balaban J connectivity index is 1.54. The number of rotatable bonds is 3. The van der Waals surface area contributed by atoms with Gasteiger partial charge in [0.05, 0.1) is 12.7 Å². The molecule has 3 aliphatic rings. The first kappa shape index (κ1) is 17.7. The highest BCUT2D eigenvalue weighted by atomic mass is 79.9. The maximum Gasteiger partial charge on any atom is 0.338 e. The van der Waals surface area contributed by atoms with Gasteiger partial charge in [0.2, 0.25) is 0 Å². The number of hydrogen-bond donors (Lipinski definition) is 0. The molecule has 2 aromatic rings. The van der Waals surface area contributed by atoms with E-state index in [0.29, 0.717) is 11.6 Å². The van der Waals surface area contributed by atoms with Crippen LogP contribution >= 0.6 is 15.9 Å². The summed E-state index contributed by atoms with van der Waals surface area (Å²) in [5.41, 5.74) is 4.89. The van der Waals surface area contributed by atoms with Crippen LogP contribution in [0.4, 0.5) is 0 Å². The monoisotopic (exact) mass is 413 g/mol. The van der Waals surface area contributed by atoms with Crippen LogP contribution in [-0.2, 0) is 24.1 Å². The minimum Gasteiger partial charge on any atom is -0.465 e. The summed E-state index contributed by atoms with van der Waals surface area (Å²) in [6.45, 7) is 2.10. The molecule has 4 heteroatoms. The van der Waals surface area contributed by atoms with Crippen molar-refractivity contribution in [3.8, 4) is 0 Å². The van der Waals surface area contributed by atoms with Crippen LogP contribution in [0.1, 0.15) is 39.9 Å². The average molecular weight is 414 g/mol. The zero-order valence-electron chi connectivity index (χ0n) is 15.1. The second-order valence-corrected chi connectivity index (χ2v) is 8.36. The molecule has 2 aromatic carbocycles. The molecule has 2 atom stereocenters. The summed E-state index contributed by atoms with van der Waals surface area (Å²) >= 11 is 3.52. The Morgan fingerprint density at radius 1 is 1.15 bits per heavy atom. The van der Waals surface area contributed by atoms with Crippen LogP contribution in [0.5, 0.6) is 0 Å². The fourth-order valence-corrected chi connectivity index (χ4v) is 5.05. The topological polar surface area (TPSA) is 29.5 Å². The highest BCUT2D eigenvalue weighted by molar-refractivity contribution is 9.10. The van der Waals surface area contributed by atoms with Gasteiger partial charge in [-0.3, -0.25) is 4.90 Å². The van der Waals surface area contributed by atoms with Gasteiger partial charge in [0.25, 0.3) is 0 Å². The largest absolute Gasteiger partial charge is 0.465 e. The zero-order valence-corrected chi connectivity index (χ0v) is 16.7. The number of halogens is 1. The maximum atomic E-state index is 11.8. The molecule has 0 amide bonds. The highest BCUT2D eigenvalue weighted by Gasteiger charge is 2.31. The second kappa shape index (κ2) is 7.53. The van der Waals surface area contributed by atoms with Crippen LogP contribution < -0.4 is 0 Å². The van der Waals surface area contributed by atoms with E-state index in [1.807, 2.05) is 6.07 Å². The fourth-order valence-electron chi connectivity index (χ4n) is 4.46. The van der Waals surface area contributed by atoms with E-state index in [4.69, 9.17) is 4.74 Å². The molecular formula is C22H24BrNO2. The van der Waals surface area contributed by atoms with Crippen LogP contribution in [0.3, 0.4) is 0 Å². The molecule has 0 unspecified atom stereocenters. The normalized spacial score (nSPS) is 22.4. The van der Waals surface area contributed by atoms with E-state index in [9.17, 15) is 4.79 Å². The molecular weight excluding hydrogens is 390 g/mol. The van der Waals surface area contributed by atoms with Crippen molar-refractivity contribution in [3.63, 3.8) is 0 Å². The van der Waals surface area contributed by atoms with Crippen molar-refractivity contribution in [2.75, 3.05) is 13.7 Å². The van der Waals surface area contributed by atoms with Crippen LogP contribution in [-0.4, -0.2) is 30.6 Å². The standard InChI is InChI=1S/C22H24BrNO2/c1-26-22(25)20-9-7-16(11-21(20)23)14-24-13-15-6-8-19(24)12-18-5-3-2-4-17(18)10-15/h2-5,7,9,11,15,19H,6,8,10,12-14H2,1H3/t15-,19-/m1/s1. The molecule has 1 aliphatic carbocycles. The first-order chi connectivity index (χ1) is 12.6. The SMILES string of the molecule is COC(=O)c1ccc(CN2C[C@@H]3CC[C@@H]2Cc2ccccc2C3)cc1Br. The molecule has 2 bridgehead atoms. The number of carbonyl (C=O) groups excluding carboxylic acids is 1. The summed E-state index contributed by atoms with van der Waals surface area (Å²) < 4.78 is 5.64. The van der Waals surface area contributed by atoms with Crippen LogP contribution in [0, 0.1) is 5.92 Å². The Bertz CT molecular complexity index is 820. The third-order valence-corrected chi connectivity index (χ3v) is 6.48. The third-order valence-electron chi connectivity index (χ3n) is 5.82. The predicted molar refractivity (Wildman–Crippen MR) is 106 cm³/mol. The van der Waals surface area contributed by atoms with Gasteiger partial charge in [-0.2, -0.15) is 0 Å². The molecule has 1 fully saturated rings. The van der Waals surface area contributed by atoms with Gasteiger partial charge in [-0.1, -0.05) is 30.3 Å². The van der Waals surface area contributed by atoms with Gasteiger partial charge in [-0.05, 0) is 76.4 Å². The summed E-state index contributed by atoms with van der Waals surface area (Å²) in [5, 5.41) is 0. The predicted octanol–water partition coefficient (Wildman–Crippen LogP) is 4.62. The number of esters is 1. The lowest BCUT2D eigenvalue weighted by atomic mass is 9.80. The van der Waals surface area contributed by atoms with Crippen molar-refractivity contribution < 1.29 is 9.53 Å². The van der Waals surface area contributed by atoms with Crippen molar-refractivity contribution in [2.45, 2.75) is 38.3 Å². The minimum absolute atomic E-state index is 0.301. The molecule has 2 heterocycles. The van der Waals surface area contributed by atoms with Crippen molar-refractivity contribution >= 4 is 21.9 Å². The Kier molecular flexibility index (Phi) is 5.14. The van der Waals surface area contributed by atoms with E-state index in [1.54, 1.807) is 5.56 Å². The van der Waals surface area contributed by atoms with Gasteiger partial charge in [-0.15, -0.1) is 0 Å². The van der Waals surface area contributed by atoms with Gasteiger partial charge >= 0.3 is 5.97 Å². The minimum atomic E-state index is -0.301. The lowest BCUT2D eigenvalue weighted by molar-refractivity contribution is 0.0599. The van der Waals surface area contributed by atoms with Gasteiger partial charge in [0, 0.05) is 23.6 Å². The molecule has 0 N–H and O–H groups in total. The number of fused-ring (bicyclic) bond motifs is 2. The molecule has 0 spiro atoms. The molecule has 0 saturated carbocycles. The van der Waals surface area contributed by atoms with Crippen molar-refractivity contribution in [2.24, 2.45) is 5.92 Å². The average Bonchev–Trinajstić information content (AvgIpc) is 2.62. The van der Waals surface area contributed by atoms with E-state index >= 15 is 0 Å². The molecule has 136 valence electrons. The Labute approximate surface area is 163 Å². The highest BCUT2D eigenvalue weighted by Crippen LogP contribution is 2.33. The van der Waals surface area contributed by atoms with E-state index in [2.05, 4.69) is 57.2 Å². The van der Waals surface area contributed by atoms with E-state index in [-0.39, 0.29) is 5.97 Å². The van der Waals surface area contributed by atoms with E-state index in [0.717, 1.165) is 29.9 Å². The number of carbonyl (C=O) groups is 1. The summed E-state index contributed by atoms with van der Waals surface area (Å²) in [6, 6.07) is 15.5. The van der Waals surface area contributed by atoms with E-state index < -0.39 is 0 Å². The Morgan fingerprint density at radius 3 is 2.65 bits per heavy atom. The van der Waals surface area contributed by atoms with Crippen molar-refractivity contribution in [3.05, 3.63) is 69.2 Å². The number of methoxy groups -OCH3 is 1. The summed E-state index contributed by atoms with van der Waals surface area (Å²) in [5.74, 6) is 0.441. The lowest BCUT2D eigenvalue weighted by Crippen LogP contribution is -2.46. The van der Waals surface area contributed by atoms with Gasteiger partial charge in [0.15, 0.2) is 0 Å². The molecule has 3 nitrogen and oxygen atoms in total. The zero-order chi connectivity index (χ0) is 18.1. The molecule has 0 aromatic heterocycles. The molecule has 2 aliphatic heterocycles. The Morgan fingerprint density at radius 2 is 1.92 bits per heavy atom. The van der Waals surface area contributed by atoms with E-state index in [1.165, 1.54) is 37.5 Å². The number of ether oxygens (including phenoxy) is 1. The Hall–Kier alpha value is -1.65. The lowest BCUT2D eigenvalue weighted by Gasteiger charge is -2.42. The maximum absolute atomic E-state index is 11.8. The second-order valence-electron chi connectivity index (χ2n) is 7.51. The summed E-state index contributed by atoms with van der Waals surface area (Å²) in [6.07, 6.45) is 4.95. The molecule has 1 saturated heterocycles. The molecule has 5 rings (SSSR count). The third kappa shape index (κ3) is 3.58. The summed E-state index contributed by atoms with van der Waals surface area (Å²) in [4.78, 5) is 14.4. The van der Waals surface area contributed by atoms with Crippen LogP contribution in [0.2, 0.25) is 0 Å². The fraction of sp³-hybridized carbons (Fsp3) is 0.409. The number of nitrogens with zero attached hydrogens (tertiary/aromatic N) is 1. The molecule has 0 radical (unpaired) electrons.